The summed E-state index contributed by atoms with van der Waals surface area (Å²) in [6.07, 6.45) is 5.84. The van der Waals surface area contributed by atoms with Gasteiger partial charge in [-0.25, -0.2) is 4.79 Å². The van der Waals surface area contributed by atoms with Gasteiger partial charge < -0.3 is 15.4 Å². The maximum absolute atomic E-state index is 12.1. The Kier molecular flexibility index (Phi) is 5.67. The first-order valence-electron chi connectivity index (χ1n) is 8.63. The highest BCUT2D eigenvalue weighted by Crippen LogP contribution is 2.26. The quantitative estimate of drug-likeness (QED) is 0.797. The molecular weight excluding hydrogens is 316 g/mol. The summed E-state index contributed by atoms with van der Waals surface area (Å²) >= 11 is 0. The SMILES string of the molecule is O=CNc1cccc(-c2cccc(OC(=O)NC3CCCCC3)c2)c1. The molecule has 0 aliphatic heterocycles. The fourth-order valence-corrected chi connectivity index (χ4v) is 3.15. The summed E-state index contributed by atoms with van der Waals surface area (Å²) in [5.74, 6) is 0.500. The minimum atomic E-state index is -0.402. The van der Waals surface area contributed by atoms with Gasteiger partial charge in [-0.2, -0.15) is 0 Å². The molecule has 0 bridgehead atoms. The monoisotopic (exact) mass is 338 g/mol. The van der Waals surface area contributed by atoms with E-state index in [9.17, 15) is 9.59 Å². The van der Waals surface area contributed by atoms with E-state index in [1.807, 2.05) is 42.5 Å². The van der Waals surface area contributed by atoms with Crippen molar-refractivity contribution in [1.29, 1.82) is 0 Å². The van der Waals surface area contributed by atoms with Crippen LogP contribution in [0, 0.1) is 0 Å². The number of carbonyl (C=O) groups is 2. The second kappa shape index (κ2) is 8.33. The molecule has 130 valence electrons. The number of hydrogen-bond donors (Lipinski definition) is 2. The molecule has 2 amide bonds. The van der Waals surface area contributed by atoms with Gasteiger partial charge >= 0.3 is 6.09 Å². The van der Waals surface area contributed by atoms with Crippen LogP contribution in [-0.4, -0.2) is 18.5 Å². The van der Waals surface area contributed by atoms with E-state index in [4.69, 9.17) is 4.74 Å². The van der Waals surface area contributed by atoms with Gasteiger partial charge in [0.15, 0.2) is 0 Å². The minimum Gasteiger partial charge on any atom is -0.410 e. The molecule has 0 heterocycles. The number of benzene rings is 2. The van der Waals surface area contributed by atoms with Gasteiger partial charge in [-0.1, -0.05) is 43.5 Å². The molecule has 1 aliphatic rings. The average Bonchev–Trinajstić information content (AvgIpc) is 2.63. The van der Waals surface area contributed by atoms with Gasteiger partial charge in [0, 0.05) is 11.7 Å². The van der Waals surface area contributed by atoms with Gasteiger partial charge in [-0.15, -0.1) is 0 Å². The van der Waals surface area contributed by atoms with Crippen LogP contribution in [0.5, 0.6) is 5.75 Å². The first-order chi connectivity index (χ1) is 12.2. The second-order valence-electron chi connectivity index (χ2n) is 6.24. The fraction of sp³-hybridized carbons (Fsp3) is 0.300. The third-order valence-electron chi connectivity index (χ3n) is 4.39. The molecule has 1 saturated carbocycles. The standard InChI is InChI=1S/C20H22N2O3/c23-14-21-18-10-4-6-15(12-18)16-7-5-11-19(13-16)25-20(24)22-17-8-2-1-3-9-17/h4-7,10-14,17H,1-3,8-9H2,(H,21,23)(H,22,24). The van der Waals surface area contributed by atoms with E-state index < -0.39 is 6.09 Å². The van der Waals surface area contributed by atoms with Crippen LogP contribution in [0.3, 0.4) is 0 Å². The van der Waals surface area contributed by atoms with E-state index in [0.29, 0.717) is 17.8 Å². The van der Waals surface area contributed by atoms with Crippen molar-refractivity contribution < 1.29 is 14.3 Å². The van der Waals surface area contributed by atoms with Crippen molar-refractivity contribution in [2.24, 2.45) is 0 Å². The Morgan fingerprint density at radius 2 is 1.72 bits per heavy atom. The molecule has 1 aliphatic carbocycles. The van der Waals surface area contributed by atoms with E-state index in [0.717, 1.165) is 36.8 Å². The van der Waals surface area contributed by atoms with Gasteiger partial charge in [0.1, 0.15) is 5.75 Å². The van der Waals surface area contributed by atoms with E-state index in [-0.39, 0.29) is 6.04 Å². The second-order valence-corrected chi connectivity index (χ2v) is 6.24. The number of rotatable bonds is 5. The Bertz CT molecular complexity index is 739. The highest BCUT2D eigenvalue weighted by molar-refractivity contribution is 5.77. The van der Waals surface area contributed by atoms with Crippen LogP contribution < -0.4 is 15.4 Å². The molecule has 3 rings (SSSR count). The van der Waals surface area contributed by atoms with Crippen LogP contribution in [0.15, 0.2) is 48.5 Å². The van der Waals surface area contributed by atoms with Crippen molar-refractivity contribution in [3.63, 3.8) is 0 Å². The van der Waals surface area contributed by atoms with Crippen molar-refractivity contribution >= 4 is 18.2 Å². The molecule has 0 radical (unpaired) electrons. The molecule has 0 unspecified atom stereocenters. The molecule has 1 fully saturated rings. The van der Waals surface area contributed by atoms with E-state index in [1.54, 1.807) is 6.07 Å². The van der Waals surface area contributed by atoms with Crippen molar-refractivity contribution in [2.45, 2.75) is 38.1 Å². The zero-order chi connectivity index (χ0) is 17.5. The van der Waals surface area contributed by atoms with E-state index >= 15 is 0 Å². The molecule has 5 nitrogen and oxygen atoms in total. The smallest absolute Gasteiger partial charge is 0.410 e. The van der Waals surface area contributed by atoms with Gasteiger partial charge in [0.05, 0.1) is 0 Å². The molecular formula is C20H22N2O3. The fourth-order valence-electron chi connectivity index (χ4n) is 3.15. The molecule has 2 N–H and O–H groups in total. The summed E-state index contributed by atoms with van der Waals surface area (Å²) < 4.78 is 5.44. The molecule has 0 aromatic heterocycles. The predicted octanol–water partition coefficient (Wildman–Crippen LogP) is 4.34. The number of amides is 2. The molecule has 0 atom stereocenters. The van der Waals surface area contributed by atoms with Gasteiger partial charge in [-0.3, -0.25) is 4.79 Å². The maximum Gasteiger partial charge on any atom is 0.412 e. The third-order valence-corrected chi connectivity index (χ3v) is 4.39. The summed E-state index contributed by atoms with van der Waals surface area (Å²) in [6, 6.07) is 15.1. The Morgan fingerprint density at radius 3 is 2.48 bits per heavy atom. The number of hydrogen-bond acceptors (Lipinski definition) is 3. The topological polar surface area (TPSA) is 67.4 Å². The van der Waals surface area contributed by atoms with Gasteiger partial charge in [0.2, 0.25) is 6.41 Å². The zero-order valence-electron chi connectivity index (χ0n) is 14.0. The summed E-state index contributed by atoms with van der Waals surface area (Å²) in [5, 5.41) is 5.58. The number of nitrogens with one attached hydrogen (secondary N) is 2. The lowest BCUT2D eigenvalue weighted by Crippen LogP contribution is -2.37. The third kappa shape index (κ3) is 4.83. The molecule has 0 spiro atoms. The predicted molar refractivity (Wildman–Crippen MR) is 97.6 cm³/mol. The summed E-state index contributed by atoms with van der Waals surface area (Å²) in [6.45, 7) is 0. The summed E-state index contributed by atoms with van der Waals surface area (Å²) in [7, 11) is 0. The van der Waals surface area contributed by atoms with Gasteiger partial charge in [0.25, 0.3) is 0 Å². The number of anilines is 1. The molecule has 2 aromatic carbocycles. The van der Waals surface area contributed by atoms with Gasteiger partial charge in [-0.05, 0) is 48.2 Å². The molecule has 2 aromatic rings. The van der Waals surface area contributed by atoms with Crippen LogP contribution >= 0.6 is 0 Å². The van der Waals surface area contributed by atoms with Crippen molar-refractivity contribution in [3.8, 4) is 16.9 Å². The van der Waals surface area contributed by atoms with Crippen LogP contribution in [0.4, 0.5) is 10.5 Å². The Morgan fingerprint density at radius 1 is 1.00 bits per heavy atom. The minimum absolute atomic E-state index is 0.218. The normalized spacial score (nSPS) is 14.6. The summed E-state index contributed by atoms with van der Waals surface area (Å²) in [5.41, 5.74) is 2.57. The lowest BCUT2D eigenvalue weighted by molar-refractivity contribution is -0.105. The molecule has 25 heavy (non-hydrogen) atoms. The Balaban J connectivity index is 1.67. The number of ether oxygens (including phenoxy) is 1. The Hall–Kier alpha value is -2.82. The first kappa shape index (κ1) is 17.0. The van der Waals surface area contributed by atoms with Crippen LogP contribution in [0.25, 0.3) is 11.1 Å². The molecule has 5 heteroatoms. The highest BCUT2D eigenvalue weighted by Gasteiger charge is 2.16. The van der Waals surface area contributed by atoms with Crippen molar-refractivity contribution in [1.82, 2.24) is 5.32 Å². The first-order valence-corrected chi connectivity index (χ1v) is 8.63. The number of carbonyl (C=O) groups excluding carboxylic acids is 2. The maximum atomic E-state index is 12.1. The van der Waals surface area contributed by atoms with E-state index in [1.165, 1.54) is 6.42 Å². The van der Waals surface area contributed by atoms with E-state index in [2.05, 4.69) is 10.6 Å². The van der Waals surface area contributed by atoms with Crippen molar-refractivity contribution in [3.05, 3.63) is 48.5 Å². The van der Waals surface area contributed by atoms with Crippen LogP contribution in [0.2, 0.25) is 0 Å². The molecule has 0 saturated heterocycles. The largest absolute Gasteiger partial charge is 0.412 e. The van der Waals surface area contributed by atoms with Crippen molar-refractivity contribution in [2.75, 3.05) is 5.32 Å². The highest BCUT2D eigenvalue weighted by atomic mass is 16.6. The lowest BCUT2D eigenvalue weighted by Gasteiger charge is -2.22. The average molecular weight is 338 g/mol. The van der Waals surface area contributed by atoms with Crippen LogP contribution in [-0.2, 0) is 4.79 Å². The zero-order valence-corrected chi connectivity index (χ0v) is 14.0. The Labute approximate surface area is 147 Å². The lowest BCUT2D eigenvalue weighted by atomic mass is 9.96. The van der Waals surface area contributed by atoms with Crippen LogP contribution in [0.1, 0.15) is 32.1 Å². The summed E-state index contributed by atoms with van der Waals surface area (Å²) in [4.78, 5) is 22.7.